The lowest BCUT2D eigenvalue weighted by atomic mass is 9.86. The maximum Gasteiger partial charge on any atom is 0.248 e. The molecule has 1 amide bonds. The minimum Gasteiger partial charge on any atom is -0.409 e. The zero-order valence-corrected chi connectivity index (χ0v) is 12.2. The molecular weight excluding hydrogens is 284 g/mol. The van der Waals surface area contributed by atoms with Gasteiger partial charge in [-0.05, 0) is 12.8 Å². The predicted molar refractivity (Wildman–Crippen MR) is 73.4 cm³/mol. The normalized spacial score (nSPS) is 19.5. The van der Waals surface area contributed by atoms with E-state index >= 15 is 0 Å². The molecule has 0 aromatic rings. The van der Waals surface area contributed by atoms with Crippen molar-refractivity contribution in [2.75, 3.05) is 26.8 Å². The minimum atomic E-state index is -2.65. The van der Waals surface area contributed by atoms with Crippen LogP contribution in [0.1, 0.15) is 32.1 Å². The summed E-state index contributed by atoms with van der Waals surface area (Å²) in [5.41, 5.74) is 5.40. The van der Waals surface area contributed by atoms with Crippen molar-refractivity contribution in [2.45, 2.75) is 38.0 Å². The number of halogens is 2. The molecule has 0 heterocycles. The summed E-state index contributed by atoms with van der Waals surface area (Å²) in [5.74, 6) is -3.16. The summed E-state index contributed by atoms with van der Waals surface area (Å²) < 4.78 is 31.2. The van der Waals surface area contributed by atoms with Crippen molar-refractivity contribution < 1.29 is 23.5 Å². The number of methoxy groups -OCH3 is 1. The Labute approximate surface area is 122 Å². The second-order valence-corrected chi connectivity index (χ2v) is 5.29. The third-order valence-corrected chi connectivity index (χ3v) is 3.71. The third kappa shape index (κ3) is 5.82. The van der Waals surface area contributed by atoms with Gasteiger partial charge in [-0.15, -0.1) is 0 Å². The fourth-order valence-corrected chi connectivity index (χ4v) is 2.38. The van der Waals surface area contributed by atoms with Gasteiger partial charge in [0.25, 0.3) is 0 Å². The molecule has 122 valence electrons. The van der Waals surface area contributed by atoms with Gasteiger partial charge in [0.05, 0.1) is 6.61 Å². The predicted octanol–water partition coefficient (Wildman–Crippen LogP) is 1.42. The van der Waals surface area contributed by atoms with Crippen LogP contribution in [-0.4, -0.2) is 54.6 Å². The van der Waals surface area contributed by atoms with Gasteiger partial charge in [-0.2, -0.15) is 0 Å². The van der Waals surface area contributed by atoms with Crippen LogP contribution in [0.15, 0.2) is 5.16 Å². The van der Waals surface area contributed by atoms with E-state index in [0.29, 0.717) is 13.2 Å². The second kappa shape index (κ2) is 8.11. The quantitative estimate of drug-likeness (QED) is 0.322. The van der Waals surface area contributed by atoms with E-state index in [1.165, 1.54) is 12.0 Å². The number of hydrogen-bond donors (Lipinski definition) is 2. The van der Waals surface area contributed by atoms with Gasteiger partial charge >= 0.3 is 0 Å². The topological polar surface area (TPSA) is 88.2 Å². The number of nitrogens with zero attached hydrogens (tertiary/aromatic N) is 2. The number of alkyl halides is 2. The van der Waals surface area contributed by atoms with E-state index in [4.69, 9.17) is 15.7 Å². The zero-order valence-electron chi connectivity index (χ0n) is 12.2. The van der Waals surface area contributed by atoms with Gasteiger partial charge in [0.1, 0.15) is 5.84 Å². The molecule has 8 heteroatoms. The average molecular weight is 307 g/mol. The third-order valence-electron chi connectivity index (χ3n) is 3.71. The molecule has 1 aliphatic carbocycles. The highest BCUT2D eigenvalue weighted by molar-refractivity contribution is 5.82. The van der Waals surface area contributed by atoms with Crippen molar-refractivity contribution in [1.29, 1.82) is 0 Å². The van der Waals surface area contributed by atoms with E-state index in [1.54, 1.807) is 0 Å². The molecule has 1 aliphatic rings. The first-order valence-corrected chi connectivity index (χ1v) is 7.01. The van der Waals surface area contributed by atoms with Crippen LogP contribution in [0, 0.1) is 5.92 Å². The minimum absolute atomic E-state index is 0.0281. The summed E-state index contributed by atoms with van der Waals surface area (Å²) in [6, 6.07) is 0. The smallest absolute Gasteiger partial charge is 0.248 e. The molecule has 0 aromatic heterocycles. The van der Waals surface area contributed by atoms with Gasteiger partial charge in [-0.1, -0.05) is 5.16 Å². The van der Waals surface area contributed by atoms with Crippen molar-refractivity contribution in [3.8, 4) is 0 Å². The highest BCUT2D eigenvalue weighted by Gasteiger charge is 2.38. The molecule has 0 spiro atoms. The van der Waals surface area contributed by atoms with Crippen LogP contribution in [0.2, 0.25) is 0 Å². The number of amides is 1. The van der Waals surface area contributed by atoms with Gasteiger partial charge in [0.2, 0.25) is 11.8 Å². The molecule has 0 atom stereocenters. The van der Waals surface area contributed by atoms with E-state index in [1.807, 2.05) is 0 Å². The number of hydrogen-bond acceptors (Lipinski definition) is 4. The highest BCUT2D eigenvalue weighted by Crippen LogP contribution is 2.36. The number of carbonyl (C=O) groups excluding carboxylic acids is 1. The van der Waals surface area contributed by atoms with Crippen molar-refractivity contribution in [3.63, 3.8) is 0 Å². The zero-order chi connectivity index (χ0) is 15.9. The lowest BCUT2D eigenvalue weighted by Gasteiger charge is -2.32. The molecular formula is C13H23F2N3O3. The van der Waals surface area contributed by atoms with E-state index in [9.17, 15) is 13.6 Å². The maximum atomic E-state index is 13.1. The first kappa shape index (κ1) is 17.6. The fourth-order valence-electron chi connectivity index (χ4n) is 2.38. The van der Waals surface area contributed by atoms with Crippen LogP contribution in [0.4, 0.5) is 8.78 Å². The van der Waals surface area contributed by atoms with Gasteiger partial charge in [0.15, 0.2) is 0 Å². The van der Waals surface area contributed by atoms with Crippen LogP contribution >= 0.6 is 0 Å². The van der Waals surface area contributed by atoms with Crippen molar-refractivity contribution in [2.24, 2.45) is 16.8 Å². The van der Waals surface area contributed by atoms with Crippen LogP contribution < -0.4 is 5.73 Å². The van der Waals surface area contributed by atoms with Gasteiger partial charge < -0.3 is 20.6 Å². The Balaban J connectivity index is 2.58. The molecule has 0 radical (unpaired) electrons. The summed E-state index contributed by atoms with van der Waals surface area (Å²) in [4.78, 5) is 13.9. The van der Waals surface area contributed by atoms with Gasteiger partial charge in [-0.25, -0.2) is 8.78 Å². The van der Waals surface area contributed by atoms with E-state index in [0.717, 1.165) is 0 Å². The monoisotopic (exact) mass is 307 g/mol. The molecule has 3 N–H and O–H groups in total. The van der Waals surface area contributed by atoms with Gasteiger partial charge in [0, 0.05) is 45.4 Å². The Bertz CT molecular complexity index is 368. The number of carbonyl (C=O) groups is 1. The van der Waals surface area contributed by atoms with E-state index in [2.05, 4.69) is 5.16 Å². The molecule has 6 nitrogen and oxygen atoms in total. The summed E-state index contributed by atoms with van der Waals surface area (Å²) in [6.45, 7) is 0.997. The average Bonchev–Trinajstić information content (AvgIpc) is 2.46. The molecule has 0 aliphatic heterocycles. The standard InChI is InChI=1S/C13H23F2N3O3/c1-21-9-8-18(7-4-11(16)17-20)12(19)10-2-5-13(14,15)6-3-10/h10,20H,2-9H2,1H3,(H2,16,17). The molecule has 1 fully saturated rings. The largest absolute Gasteiger partial charge is 0.409 e. The van der Waals surface area contributed by atoms with Crippen LogP contribution in [0.3, 0.4) is 0 Å². The van der Waals surface area contributed by atoms with Gasteiger partial charge in [-0.3, -0.25) is 4.79 Å². The number of amidine groups is 1. The van der Waals surface area contributed by atoms with Crippen LogP contribution in [0.5, 0.6) is 0 Å². The van der Waals surface area contributed by atoms with Crippen molar-refractivity contribution in [3.05, 3.63) is 0 Å². The molecule has 0 unspecified atom stereocenters. The first-order chi connectivity index (χ1) is 9.89. The van der Waals surface area contributed by atoms with Crippen molar-refractivity contribution >= 4 is 11.7 Å². The summed E-state index contributed by atoms with van der Waals surface area (Å²) in [5, 5.41) is 11.4. The molecule has 1 saturated carbocycles. The van der Waals surface area contributed by atoms with Crippen LogP contribution in [0.25, 0.3) is 0 Å². The lowest BCUT2D eigenvalue weighted by molar-refractivity contribution is -0.140. The summed E-state index contributed by atoms with van der Waals surface area (Å²) in [6.07, 6.45) is 0.121. The molecule has 21 heavy (non-hydrogen) atoms. The number of ether oxygens (including phenoxy) is 1. The molecule has 0 saturated heterocycles. The van der Waals surface area contributed by atoms with E-state index < -0.39 is 5.92 Å². The fraction of sp³-hybridized carbons (Fsp3) is 0.846. The Morgan fingerprint density at radius 2 is 2.05 bits per heavy atom. The molecule has 0 bridgehead atoms. The molecule has 1 rings (SSSR count). The van der Waals surface area contributed by atoms with Crippen LogP contribution in [-0.2, 0) is 9.53 Å². The molecule has 0 aromatic carbocycles. The maximum absolute atomic E-state index is 13.1. The lowest BCUT2D eigenvalue weighted by Crippen LogP contribution is -2.42. The number of rotatable bonds is 7. The summed E-state index contributed by atoms with van der Waals surface area (Å²) >= 11 is 0. The second-order valence-electron chi connectivity index (χ2n) is 5.29. The van der Waals surface area contributed by atoms with Crippen molar-refractivity contribution in [1.82, 2.24) is 4.90 Å². The Morgan fingerprint density at radius 3 is 2.57 bits per heavy atom. The summed E-state index contributed by atoms with van der Waals surface area (Å²) in [7, 11) is 1.52. The Kier molecular flexibility index (Phi) is 6.80. The Morgan fingerprint density at radius 1 is 1.43 bits per heavy atom. The van der Waals surface area contributed by atoms with E-state index in [-0.39, 0.29) is 56.3 Å². The Hall–Kier alpha value is -1.44. The SMILES string of the molecule is COCCN(CCC(N)=NO)C(=O)C1CCC(F)(F)CC1. The number of oxime groups is 1. The number of nitrogens with two attached hydrogens (primary N) is 1. The highest BCUT2D eigenvalue weighted by atomic mass is 19.3. The first-order valence-electron chi connectivity index (χ1n) is 7.01.